The molecule has 0 saturated heterocycles. The lowest BCUT2D eigenvalue weighted by molar-refractivity contribution is -0.118. The van der Waals surface area contributed by atoms with Crippen molar-refractivity contribution < 1.29 is 13.2 Å². The van der Waals surface area contributed by atoms with Crippen molar-refractivity contribution in [3.05, 3.63) is 58.6 Å². The van der Waals surface area contributed by atoms with Gasteiger partial charge in [0, 0.05) is 23.1 Å². The molecule has 23 heavy (non-hydrogen) atoms. The van der Waals surface area contributed by atoms with Crippen LogP contribution >= 0.6 is 15.9 Å². The van der Waals surface area contributed by atoms with Gasteiger partial charge in [0.1, 0.15) is 0 Å². The van der Waals surface area contributed by atoms with Gasteiger partial charge in [-0.15, -0.1) is 0 Å². The molecule has 0 radical (unpaired) electrons. The summed E-state index contributed by atoms with van der Waals surface area (Å²) < 4.78 is 25.5. The quantitative estimate of drug-likeness (QED) is 0.801. The highest BCUT2D eigenvalue weighted by atomic mass is 79.9. The SMILES string of the molecule is O=C(CCS(=O)(=O)c1ccc(Br)cc1)N1CCc2ccccc21. The normalized spacial score (nSPS) is 13.9. The number of para-hydroxylation sites is 1. The van der Waals surface area contributed by atoms with Crippen LogP contribution in [0.1, 0.15) is 12.0 Å². The number of hydrogen-bond donors (Lipinski definition) is 0. The van der Waals surface area contributed by atoms with Gasteiger partial charge in [0.2, 0.25) is 5.91 Å². The molecule has 0 unspecified atom stereocenters. The van der Waals surface area contributed by atoms with Crippen molar-refractivity contribution in [2.45, 2.75) is 17.7 Å². The maximum Gasteiger partial charge on any atom is 0.228 e. The Balaban J connectivity index is 1.69. The van der Waals surface area contributed by atoms with Crippen LogP contribution in [0.15, 0.2) is 57.9 Å². The molecule has 3 rings (SSSR count). The molecule has 0 fully saturated rings. The number of hydrogen-bond acceptors (Lipinski definition) is 3. The standard InChI is InChI=1S/C17H16BrNO3S/c18-14-5-7-15(8-6-14)23(21,22)12-10-17(20)19-11-9-13-3-1-2-4-16(13)19/h1-8H,9-12H2. The second-order valence-electron chi connectivity index (χ2n) is 5.45. The number of rotatable bonds is 4. The van der Waals surface area contributed by atoms with Crippen molar-refractivity contribution in [3.8, 4) is 0 Å². The van der Waals surface area contributed by atoms with Crippen LogP contribution in [0.3, 0.4) is 0 Å². The maximum absolute atomic E-state index is 12.4. The van der Waals surface area contributed by atoms with Gasteiger partial charge in [-0.05, 0) is 42.3 Å². The molecule has 2 aromatic carbocycles. The smallest absolute Gasteiger partial charge is 0.228 e. The molecule has 6 heteroatoms. The van der Waals surface area contributed by atoms with Gasteiger partial charge < -0.3 is 4.90 Å². The molecule has 1 aliphatic heterocycles. The molecule has 2 aromatic rings. The number of carbonyl (C=O) groups excluding carboxylic acids is 1. The molecule has 0 bridgehead atoms. The first-order valence-corrected chi connectivity index (χ1v) is 9.78. The topological polar surface area (TPSA) is 54.5 Å². The first-order valence-electron chi connectivity index (χ1n) is 7.34. The Morgan fingerprint density at radius 1 is 1.09 bits per heavy atom. The van der Waals surface area contributed by atoms with Crippen LogP contribution in [0, 0.1) is 0 Å². The zero-order valence-electron chi connectivity index (χ0n) is 12.4. The first-order chi connectivity index (χ1) is 11.0. The number of fused-ring (bicyclic) bond motifs is 1. The van der Waals surface area contributed by atoms with Crippen LogP contribution < -0.4 is 4.90 Å². The second-order valence-corrected chi connectivity index (χ2v) is 8.47. The van der Waals surface area contributed by atoms with Gasteiger partial charge in [0.05, 0.1) is 10.6 Å². The fourth-order valence-corrected chi connectivity index (χ4v) is 4.21. The summed E-state index contributed by atoms with van der Waals surface area (Å²) in [6.07, 6.45) is 0.814. The summed E-state index contributed by atoms with van der Waals surface area (Å²) in [6.45, 7) is 0.622. The van der Waals surface area contributed by atoms with Gasteiger partial charge in [0.25, 0.3) is 0 Å². The summed E-state index contributed by atoms with van der Waals surface area (Å²) >= 11 is 3.28. The minimum atomic E-state index is -3.45. The molecule has 0 aromatic heterocycles. The van der Waals surface area contributed by atoms with Crippen LogP contribution in [-0.4, -0.2) is 26.6 Å². The van der Waals surface area contributed by atoms with E-state index in [0.717, 1.165) is 22.1 Å². The predicted octanol–water partition coefficient (Wildman–Crippen LogP) is 3.20. The molecule has 1 amide bonds. The molecular formula is C17H16BrNO3S. The van der Waals surface area contributed by atoms with Gasteiger partial charge in [0.15, 0.2) is 9.84 Å². The number of carbonyl (C=O) groups is 1. The number of halogens is 1. The zero-order chi connectivity index (χ0) is 16.4. The second kappa shape index (κ2) is 6.45. The monoisotopic (exact) mass is 393 g/mol. The molecular weight excluding hydrogens is 378 g/mol. The Hall–Kier alpha value is -1.66. The van der Waals surface area contributed by atoms with E-state index in [1.165, 1.54) is 0 Å². The van der Waals surface area contributed by atoms with Gasteiger partial charge in [-0.2, -0.15) is 0 Å². The fourth-order valence-electron chi connectivity index (χ4n) is 2.71. The van der Waals surface area contributed by atoms with E-state index < -0.39 is 9.84 Å². The minimum absolute atomic E-state index is 0.00721. The minimum Gasteiger partial charge on any atom is -0.312 e. The van der Waals surface area contributed by atoms with E-state index in [2.05, 4.69) is 15.9 Å². The number of nitrogens with zero attached hydrogens (tertiary/aromatic N) is 1. The third-order valence-corrected chi connectivity index (χ3v) is 6.21. The van der Waals surface area contributed by atoms with Crippen molar-refractivity contribution in [2.75, 3.05) is 17.2 Å². The molecule has 4 nitrogen and oxygen atoms in total. The van der Waals surface area contributed by atoms with Crippen LogP contribution in [0.5, 0.6) is 0 Å². The molecule has 120 valence electrons. The third-order valence-electron chi connectivity index (χ3n) is 3.95. The summed E-state index contributed by atoms with van der Waals surface area (Å²) in [7, 11) is -3.45. The number of anilines is 1. The zero-order valence-corrected chi connectivity index (χ0v) is 14.8. The van der Waals surface area contributed by atoms with E-state index in [4.69, 9.17) is 0 Å². The average molecular weight is 394 g/mol. The summed E-state index contributed by atoms with van der Waals surface area (Å²) in [4.78, 5) is 14.3. The van der Waals surface area contributed by atoms with Crippen molar-refractivity contribution in [2.24, 2.45) is 0 Å². The highest BCUT2D eigenvalue weighted by Crippen LogP contribution is 2.28. The van der Waals surface area contributed by atoms with E-state index in [1.54, 1.807) is 29.2 Å². The number of sulfone groups is 1. The molecule has 1 aliphatic rings. The number of amides is 1. The Morgan fingerprint density at radius 2 is 1.78 bits per heavy atom. The molecule has 1 heterocycles. The van der Waals surface area contributed by atoms with E-state index >= 15 is 0 Å². The van der Waals surface area contributed by atoms with Gasteiger partial charge in [-0.25, -0.2) is 8.42 Å². The lowest BCUT2D eigenvalue weighted by Crippen LogP contribution is -2.30. The van der Waals surface area contributed by atoms with Gasteiger partial charge >= 0.3 is 0 Å². The summed E-state index contributed by atoms with van der Waals surface area (Å²) in [5, 5.41) is 0. The molecule has 0 atom stereocenters. The largest absolute Gasteiger partial charge is 0.312 e. The van der Waals surface area contributed by atoms with E-state index in [9.17, 15) is 13.2 Å². The molecule has 0 N–H and O–H groups in total. The lowest BCUT2D eigenvalue weighted by atomic mass is 10.2. The van der Waals surface area contributed by atoms with E-state index in [1.807, 2.05) is 24.3 Å². The van der Waals surface area contributed by atoms with E-state index in [0.29, 0.717) is 6.54 Å². The Labute approximate surface area is 144 Å². The summed E-state index contributed by atoms with van der Waals surface area (Å²) in [5.74, 6) is -0.317. The summed E-state index contributed by atoms with van der Waals surface area (Å²) in [6, 6.07) is 14.2. The number of benzene rings is 2. The molecule has 0 spiro atoms. The van der Waals surface area contributed by atoms with Crippen LogP contribution in [-0.2, 0) is 21.1 Å². The molecule has 0 aliphatic carbocycles. The Bertz CT molecular complexity index is 831. The highest BCUT2D eigenvalue weighted by Gasteiger charge is 2.25. The fraction of sp³-hybridized carbons (Fsp3) is 0.235. The van der Waals surface area contributed by atoms with Crippen molar-refractivity contribution >= 4 is 37.4 Å². The van der Waals surface area contributed by atoms with Crippen LogP contribution in [0.25, 0.3) is 0 Å². The first kappa shape index (κ1) is 16.2. The summed E-state index contributed by atoms with van der Waals surface area (Å²) in [5.41, 5.74) is 2.04. The van der Waals surface area contributed by atoms with Crippen LogP contribution in [0.2, 0.25) is 0 Å². The van der Waals surface area contributed by atoms with Gasteiger partial charge in [-0.3, -0.25) is 4.79 Å². The van der Waals surface area contributed by atoms with Crippen molar-refractivity contribution in [1.29, 1.82) is 0 Å². The Kier molecular flexibility index (Phi) is 4.55. The predicted molar refractivity (Wildman–Crippen MR) is 93.3 cm³/mol. The maximum atomic E-state index is 12.4. The average Bonchev–Trinajstić information content (AvgIpc) is 2.97. The molecule has 0 saturated carbocycles. The lowest BCUT2D eigenvalue weighted by Gasteiger charge is -2.17. The third kappa shape index (κ3) is 3.48. The van der Waals surface area contributed by atoms with Crippen molar-refractivity contribution in [3.63, 3.8) is 0 Å². The van der Waals surface area contributed by atoms with E-state index in [-0.39, 0.29) is 23.0 Å². The van der Waals surface area contributed by atoms with Crippen molar-refractivity contribution in [1.82, 2.24) is 0 Å². The van der Waals surface area contributed by atoms with Crippen LogP contribution in [0.4, 0.5) is 5.69 Å². The Morgan fingerprint density at radius 3 is 2.52 bits per heavy atom. The van der Waals surface area contributed by atoms with Gasteiger partial charge in [-0.1, -0.05) is 34.1 Å². The highest BCUT2D eigenvalue weighted by molar-refractivity contribution is 9.10.